The number of nitrogens with zero attached hydrogens (tertiary/aromatic N) is 2. The van der Waals surface area contributed by atoms with Crippen LogP contribution in [-0.2, 0) is 17.6 Å². The molecule has 2 aromatic carbocycles. The van der Waals surface area contributed by atoms with Crippen LogP contribution in [0.15, 0.2) is 64.4 Å². The second-order valence-electron chi connectivity index (χ2n) is 7.39. The third kappa shape index (κ3) is 4.27. The Kier molecular flexibility index (Phi) is 6.32. The average molecular weight is 445 g/mol. The third-order valence-electron chi connectivity index (χ3n) is 5.28. The van der Waals surface area contributed by atoms with E-state index in [9.17, 15) is 9.59 Å². The van der Waals surface area contributed by atoms with Crippen LogP contribution >= 0.6 is 11.3 Å². The molecule has 0 spiro atoms. The summed E-state index contributed by atoms with van der Waals surface area (Å²) in [5.74, 6) is -0.0414. The van der Waals surface area contributed by atoms with E-state index < -0.39 is 0 Å². The number of carbonyl (C=O) groups excluding carboxylic acids is 2. The number of hydrogen-bond donors (Lipinski definition) is 0. The number of aromatic nitrogens is 1. The van der Waals surface area contributed by atoms with Crippen LogP contribution in [0.3, 0.4) is 0 Å². The number of allylic oxidation sites excluding steroid dienone is 1. The monoisotopic (exact) mass is 444 g/mol. The quantitative estimate of drug-likeness (QED) is 0.238. The van der Waals surface area contributed by atoms with Crippen LogP contribution in [0.4, 0.5) is 10.8 Å². The lowest BCUT2D eigenvalue weighted by Crippen LogP contribution is -2.25. The Bertz CT molecular complexity index is 1260. The number of rotatable bonds is 7. The van der Waals surface area contributed by atoms with Gasteiger partial charge >= 0.3 is 0 Å². The largest absolute Gasteiger partial charge is 0.453 e. The van der Waals surface area contributed by atoms with Crippen LogP contribution in [0.5, 0.6) is 0 Å². The second-order valence-corrected chi connectivity index (χ2v) is 8.22. The van der Waals surface area contributed by atoms with Crippen LogP contribution in [0.25, 0.3) is 17.0 Å². The van der Waals surface area contributed by atoms with Crippen molar-refractivity contribution in [1.82, 2.24) is 4.98 Å². The van der Waals surface area contributed by atoms with E-state index in [0.717, 1.165) is 35.0 Å². The number of fused-ring (bicyclic) bond motifs is 1. The molecular formula is C26H24N2O3S. The fourth-order valence-corrected chi connectivity index (χ4v) is 4.53. The Hall–Kier alpha value is -3.51. The van der Waals surface area contributed by atoms with Gasteiger partial charge in [0.05, 0.1) is 11.4 Å². The highest BCUT2D eigenvalue weighted by Crippen LogP contribution is 2.35. The van der Waals surface area contributed by atoms with E-state index >= 15 is 0 Å². The Morgan fingerprint density at radius 3 is 2.44 bits per heavy atom. The lowest BCUT2D eigenvalue weighted by molar-refractivity contribution is -0.115. The number of carbonyl (C=O) groups is 2. The Labute approximate surface area is 191 Å². The topological polar surface area (TPSA) is 63.4 Å². The fourth-order valence-electron chi connectivity index (χ4n) is 3.69. The SMILES string of the molecule is CCc1cccc(CC)c1N(C(C)=O)c1nc(C=CC(=O)c2cc3ccccc3o2)cs1. The van der Waals surface area contributed by atoms with Gasteiger partial charge in [-0.3, -0.25) is 14.5 Å². The van der Waals surface area contributed by atoms with Gasteiger partial charge in [0.15, 0.2) is 10.9 Å². The predicted molar refractivity (Wildman–Crippen MR) is 130 cm³/mol. The number of para-hydroxylation sites is 2. The van der Waals surface area contributed by atoms with E-state index in [4.69, 9.17) is 4.42 Å². The summed E-state index contributed by atoms with van der Waals surface area (Å²) in [6.45, 7) is 5.71. The van der Waals surface area contributed by atoms with Crippen molar-refractivity contribution in [2.75, 3.05) is 4.90 Å². The molecule has 4 aromatic rings. The van der Waals surface area contributed by atoms with Crippen LogP contribution < -0.4 is 4.90 Å². The Balaban J connectivity index is 1.62. The predicted octanol–water partition coefficient (Wildman–Crippen LogP) is 6.59. The zero-order chi connectivity index (χ0) is 22.7. The molecule has 2 heterocycles. The molecule has 0 saturated carbocycles. The van der Waals surface area contributed by atoms with Gasteiger partial charge in [-0.25, -0.2) is 4.98 Å². The van der Waals surface area contributed by atoms with Crippen molar-refractivity contribution in [1.29, 1.82) is 0 Å². The zero-order valence-corrected chi connectivity index (χ0v) is 19.1. The minimum atomic E-state index is -0.233. The summed E-state index contributed by atoms with van der Waals surface area (Å²) < 4.78 is 5.63. The number of thiazole rings is 1. The number of ketones is 1. The number of anilines is 2. The maximum Gasteiger partial charge on any atom is 0.230 e. The normalized spacial score (nSPS) is 11.3. The first-order chi connectivity index (χ1) is 15.5. The maximum absolute atomic E-state index is 12.6. The van der Waals surface area contributed by atoms with E-state index in [2.05, 4.69) is 18.8 Å². The molecule has 1 amide bonds. The van der Waals surface area contributed by atoms with Crippen LogP contribution in [-0.4, -0.2) is 16.7 Å². The molecule has 0 bridgehead atoms. The highest BCUT2D eigenvalue weighted by atomic mass is 32.1. The summed E-state index contributed by atoms with van der Waals surface area (Å²) in [4.78, 5) is 31.5. The lowest BCUT2D eigenvalue weighted by atomic mass is 10.0. The van der Waals surface area contributed by atoms with Gasteiger partial charge in [-0.05, 0) is 48.3 Å². The van der Waals surface area contributed by atoms with Crippen molar-refractivity contribution < 1.29 is 14.0 Å². The van der Waals surface area contributed by atoms with E-state index in [-0.39, 0.29) is 17.5 Å². The standard InChI is InChI=1S/C26H24N2O3S/c1-4-18-10-8-11-19(5-2)25(18)28(17(3)29)26-27-21(16-32-26)13-14-22(30)24-15-20-9-6-7-12-23(20)31-24/h6-16H,4-5H2,1-3H3. The van der Waals surface area contributed by atoms with Gasteiger partial charge in [0.1, 0.15) is 5.58 Å². The number of amides is 1. The molecule has 0 radical (unpaired) electrons. The van der Waals surface area contributed by atoms with Gasteiger partial charge in [0.2, 0.25) is 11.7 Å². The highest BCUT2D eigenvalue weighted by Gasteiger charge is 2.22. The number of hydrogen-bond acceptors (Lipinski definition) is 5. The van der Waals surface area contributed by atoms with Gasteiger partial charge in [0.25, 0.3) is 0 Å². The summed E-state index contributed by atoms with van der Waals surface area (Å²) in [7, 11) is 0. The van der Waals surface area contributed by atoms with Crippen LogP contribution in [0.1, 0.15) is 48.1 Å². The van der Waals surface area contributed by atoms with Crippen LogP contribution in [0, 0.1) is 0 Å². The first kappa shape index (κ1) is 21.7. The second kappa shape index (κ2) is 9.32. The van der Waals surface area contributed by atoms with Gasteiger partial charge in [-0.2, -0.15) is 0 Å². The molecule has 162 valence electrons. The summed E-state index contributed by atoms with van der Waals surface area (Å²) in [6.07, 6.45) is 4.74. The molecule has 6 heteroatoms. The molecule has 0 fully saturated rings. The smallest absolute Gasteiger partial charge is 0.230 e. The van der Waals surface area contributed by atoms with Crippen molar-refractivity contribution in [2.45, 2.75) is 33.6 Å². The molecule has 0 aliphatic carbocycles. The van der Waals surface area contributed by atoms with Crippen molar-refractivity contribution in [2.24, 2.45) is 0 Å². The fraction of sp³-hybridized carbons (Fsp3) is 0.192. The molecule has 0 aliphatic rings. The first-order valence-corrected chi connectivity index (χ1v) is 11.5. The summed E-state index contributed by atoms with van der Waals surface area (Å²) in [5, 5.41) is 3.32. The molecule has 0 N–H and O–H groups in total. The molecule has 2 aromatic heterocycles. The molecule has 32 heavy (non-hydrogen) atoms. The van der Waals surface area contributed by atoms with Gasteiger partial charge in [-0.1, -0.05) is 50.2 Å². The van der Waals surface area contributed by atoms with Crippen molar-refractivity contribution in [3.8, 4) is 0 Å². The zero-order valence-electron chi connectivity index (χ0n) is 18.3. The minimum Gasteiger partial charge on any atom is -0.453 e. The van der Waals surface area contributed by atoms with E-state index in [1.54, 1.807) is 24.0 Å². The van der Waals surface area contributed by atoms with Crippen molar-refractivity contribution in [3.63, 3.8) is 0 Å². The Morgan fingerprint density at radius 1 is 1.06 bits per heavy atom. The average Bonchev–Trinajstić information content (AvgIpc) is 3.44. The molecule has 0 atom stereocenters. The first-order valence-electron chi connectivity index (χ1n) is 10.6. The number of furan rings is 1. The minimum absolute atomic E-state index is 0.0937. The summed E-state index contributed by atoms with van der Waals surface area (Å²) in [6, 6.07) is 15.4. The Morgan fingerprint density at radius 2 is 1.78 bits per heavy atom. The lowest BCUT2D eigenvalue weighted by Gasteiger charge is -2.24. The van der Waals surface area contributed by atoms with E-state index in [1.165, 1.54) is 17.4 Å². The van der Waals surface area contributed by atoms with Crippen molar-refractivity contribution >= 4 is 50.9 Å². The molecule has 0 saturated heterocycles. The number of aryl methyl sites for hydroxylation is 2. The molecule has 4 rings (SSSR count). The van der Waals surface area contributed by atoms with E-state index in [1.807, 2.05) is 47.8 Å². The summed E-state index contributed by atoms with van der Waals surface area (Å²) in [5.41, 5.74) is 4.42. The van der Waals surface area contributed by atoms with Crippen LogP contribution in [0.2, 0.25) is 0 Å². The molecule has 5 nitrogen and oxygen atoms in total. The third-order valence-corrected chi connectivity index (χ3v) is 6.12. The van der Waals surface area contributed by atoms with Gasteiger partial charge in [-0.15, -0.1) is 11.3 Å². The van der Waals surface area contributed by atoms with Crippen molar-refractivity contribution in [3.05, 3.63) is 82.6 Å². The molecule has 0 unspecified atom stereocenters. The maximum atomic E-state index is 12.6. The molecular weight excluding hydrogens is 420 g/mol. The number of benzene rings is 2. The summed E-state index contributed by atoms with van der Waals surface area (Å²) >= 11 is 1.38. The van der Waals surface area contributed by atoms with Gasteiger partial charge in [0, 0.05) is 17.7 Å². The van der Waals surface area contributed by atoms with E-state index in [0.29, 0.717) is 16.4 Å². The van der Waals surface area contributed by atoms with Gasteiger partial charge < -0.3 is 4.42 Å². The highest BCUT2D eigenvalue weighted by molar-refractivity contribution is 7.14. The molecule has 0 aliphatic heterocycles.